The van der Waals surface area contributed by atoms with Gasteiger partial charge in [-0.15, -0.1) is 0 Å². The second kappa shape index (κ2) is 5.61. The first-order valence-electron chi connectivity index (χ1n) is 6.89. The summed E-state index contributed by atoms with van der Waals surface area (Å²) in [6, 6.07) is 7.59. The molecule has 0 fully saturated rings. The molecule has 1 aromatic carbocycles. The van der Waals surface area contributed by atoms with Crippen LogP contribution in [0.3, 0.4) is 0 Å². The number of amides is 1. The number of para-hydroxylation sites is 2. The monoisotopic (exact) mass is 263 g/mol. The van der Waals surface area contributed by atoms with Gasteiger partial charge >= 0.3 is 0 Å². The first-order chi connectivity index (χ1) is 9.18. The minimum Gasteiger partial charge on any atom is -0.475 e. The Bertz CT molecular complexity index is 454. The number of carbonyl (C=O) groups is 1. The number of rotatable bonds is 5. The van der Waals surface area contributed by atoms with Crippen LogP contribution in [0, 0.1) is 0 Å². The number of benzene rings is 1. The highest BCUT2D eigenvalue weighted by molar-refractivity contribution is 6.02. The maximum absolute atomic E-state index is 12.7. The molecule has 0 radical (unpaired) electrons. The number of fused-ring (bicyclic) bond motifs is 1. The summed E-state index contributed by atoms with van der Waals surface area (Å²) in [5.41, 5.74) is 0.0440. The van der Waals surface area contributed by atoms with Crippen LogP contribution in [0.25, 0.3) is 0 Å². The van der Waals surface area contributed by atoms with Crippen molar-refractivity contribution >= 4 is 11.6 Å². The lowest BCUT2D eigenvalue weighted by Crippen LogP contribution is -2.55. The van der Waals surface area contributed by atoms with Gasteiger partial charge in [-0.1, -0.05) is 26.0 Å². The molecule has 0 spiro atoms. The highest BCUT2D eigenvalue weighted by Crippen LogP contribution is 2.40. The maximum Gasteiger partial charge on any atom is 0.271 e. The van der Waals surface area contributed by atoms with Crippen molar-refractivity contribution in [2.45, 2.75) is 38.7 Å². The second-order valence-corrected chi connectivity index (χ2v) is 4.81. The molecule has 1 aliphatic heterocycles. The minimum atomic E-state index is -0.760. The number of aliphatic hydroxyl groups excluding tert-OH is 1. The molecular weight excluding hydrogens is 242 g/mol. The molecule has 0 aliphatic carbocycles. The molecule has 1 aromatic rings. The van der Waals surface area contributed by atoms with E-state index in [0.29, 0.717) is 25.8 Å². The van der Waals surface area contributed by atoms with Crippen molar-refractivity contribution in [3.8, 4) is 5.75 Å². The zero-order chi connectivity index (χ0) is 13.9. The summed E-state index contributed by atoms with van der Waals surface area (Å²) >= 11 is 0. The summed E-state index contributed by atoms with van der Waals surface area (Å²) in [5, 5.41) is 9.01. The van der Waals surface area contributed by atoms with Gasteiger partial charge in [0.2, 0.25) is 0 Å². The zero-order valence-electron chi connectivity index (χ0n) is 11.6. The molecule has 4 nitrogen and oxygen atoms in total. The molecule has 0 saturated carbocycles. The van der Waals surface area contributed by atoms with Crippen molar-refractivity contribution < 1.29 is 14.6 Å². The van der Waals surface area contributed by atoms with Crippen molar-refractivity contribution in [1.82, 2.24) is 0 Å². The molecule has 1 N–H and O–H groups in total. The number of ether oxygens (including phenoxy) is 1. The largest absolute Gasteiger partial charge is 0.475 e. The van der Waals surface area contributed by atoms with Crippen LogP contribution in [-0.4, -0.2) is 29.8 Å². The van der Waals surface area contributed by atoms with Gasteiger partial charge in [0.05, 0.1) is 5.69 Å². The van der Waals surface area contributed by atoms with Gasteiger partial charge in [0.25, 0.3) is 5.91 Å². The Morgan fingerprint density at radius 3 is 2.58 bits per heavy atom. The smallest absolute Gasteiger partial charge is 0.271 e. The van der Waals surface area contributed by atoms with E-state index in [2.05, 4.69) is 0 Å². The predicted molar refractivity (Wildman–Crippen MR) is 74.4 cm³/mol. The molecular formula is C15H21NO3. The minimum absolute atomic E-state index is 0.00431. The zero-order valence-corrected chi connectivity index (χ0v) is 11.6. The van der Waals surface area contributed by atoms with E-state index in [1.807, 2.05) is 38.1 Å². The standard InChI is InChI=1S/C15H21NO3/c1-3-15(4-2)14(18)16(10-7-11-17)12-8-5-6-9-13(12)19-15/h5-6,8-9,17H,3-4,7,10-11H2,1-2H3. The Morgan fingerprint density at radius 2 is 1.95 bits per heavy atom. The van der Waals surface area contributed by atoms with Crippen LogP contribution in [-0.2, 0) is 4.79 Å². The van der Waals surface area contributed by atoms with Gasteiger partial charge in [0.1, 0.15) is 5.75 Å². The van der Waals surface area contributed by atoms with E-state index >= 15 is 0 Å². The number of hydrogen-bond donors (Lipinski definition) is 1. The molecule has 0 bridgehead atoms. The first-order valence-corrected chi connectivity index (χ1v) is 6.89. The summed E-state index contributed by atoms with van der Waals surface area (Å²) in [6.07, 6.45) is 1.86. The number of aliphatic hydroxyl groups is 1. The maximum atomic E-state index is 12.7. The molecule has 0 unspecified atom stereocenters. The third-order valence-corrected chi connectivity index (χ3v) is 3.78. The fourth-order valence-corrected chi connectivity index (χ4v) is 2.52. The van der Waals surface area contributed by atoms with E-state index in [0.717, 1.165) is 11.4 Å². The number of carbonyl (C=O) groups excluding carboxylic acids is 1. The highest BCUT2D eigenvalue weighted by atomic mass is 16.5. The fourth-order valence-electron chi connectivity index (χ4n) is 2.52. The summed E-state index contributed by atoms with van der Waals surface area (Å²) in [7, 11) is 0. The topological polar surface area (TPSA) is 49.8 Å². The Labute approximate surface area is 114 Å². The average Bonchev–Trinajstić information content (AvgIpc) is 2.46. The van der Waals surface area contributed by atoms with Gasteiger partial charge in [0.15, 0.2) is 5.60 Å². The Morgan fingerprint density at radius 1 is 1.26 bits per heavy atom. The Balaban J connectivity index is 2.42. The highest BCUT2D eigenvalue weighted by Gasteiger charge is 2.45. The first kappa shape index (κ1) is 13.9. The van der Waals surface area contributed by atoms with Gasteiger partial charge in [-0.05, 0) is 31.4 Å². The number of anilines is 1. The van der Waals surface area contributed by atoms with Crippen LogP contribution in [0.1, 0.15) is 33.1 Å². The molecule has 0 atom stereocenters. The molecule has 19 heavy (non-hydrogen) atoms. The van der Waals surface area contributed by atoms with E-state index in [9.17, 15) is 4.79 Å². The van der Waals surface area contributed by atoms with Crippen molar-refractivity contribution in [1.29, 1.82) is 0 Å². The lowest BCUT2D eigenvalue weighted by atomic mass is 9.92. The van der Waals surface area contributed by atoms with E-state index in [-0.39, 0.29) is 12.5 Å². The van der Waals surface area contributed by atoms with Gasteiger partial charge in [0, 0.05) is 13.2 Å². The summed E-state index contributed by atoms with van der Waals surface area (Å²) in [5.74, 6) is 0.758. The number of hydrogen-bond acceptors (Lipinski definition) is 3. The predicted octanol–water partition coefficient (Wildman–Crippen LogP) is 2.35. The fraction of sp³-hybridized carbons (Fsp3) is 0.533. The van der Waals surface area contributed by atoms with Gasteiger partial charge in [-0.3, -0.25) is 4.79 Å². The molecule has 0 aromatic heterocycles. The summed E-state index contributed by atoms with van der Waals surface area (Å²) in [6.45, 7) is 4.55. The van der Waals surface area contributed by atoms with Gasteiger partial charge < -0.3 is 14.7 Å². The molecule has 2 rings (SSSR count). The summed E-state index contributed by atoms with van der Waals surface area (Å²) in [4.78, 5) is 14.4. The Hall–Kier alpha value is -1.55. The average molecular weight is 263 g/mol. The normalized spacial score (nSPS) is 17.0. The van der Waals surface area contributed by atoms with E-state index in [4.69, 9.17) is 9.84 Å². The van der Waals surface area contributed by atoms with Gasteiger partial charge in [-0.25, -0.2) is 0 Å². The molecule has 1 aliphatic rings. The van der Waals surface area contributed by atoms with Crippen LogP contribution in [0.15, 0.2) is 24.3 Å². The van der Waals surface area contributed by atoms with Crippen LogP contribution < -0.4 is 9.64 Å². The molecule has 0 saturated heterocycles. The summed E-state index contributed by atoms with van der Waals surface area (Å²) < 4.78 is 5.99. The van der Waals surface area contributed by atoms with E-state index < -0.39 is 5.60 Å². The quantitative estimate of drug-likeness (QED) is 0.887. The van der Waals surface area contributed by atoms with E-state index in [1.54, 1.807) is 4.90 Å². The molecule has 104 valence electrons. The van der Waals surface area contributed by atoms with Crippen molar-refractivity contribution in [3.63, 3.8) is 0 Å². The Kier molecular flexibility index (Phi) is 4.10. The van der Waals surface area contributed by atoms with Crippen molar-refractivity contribution in [2.24, 2.45) is 0 Å². The van der Waals surface area contributed by atoms with Crippen molar-refractivity contribution in [3.05, 3.63) is 24.3 Å². The lowest BCUT2D eigenvalue weighted by molar-refractivity contribution is -0.136. The SMILES string of the molecule is CCC1(CC)Oc2ccccc2N(CCCO)C1=O. The van der Waals surface area contributed by atoms with Crippen LogP contribution in [0.5, 0.6) is 5.75 Å². The van der Waals surface area contributed by atoms with Crippen molar-refractivity contribution in [2.75, 3.05) is 18.1 Å². The number of nitrogens with zero attached hydrogens (tertiary/aromatic N) is 1. The third-order valence-electron chi connectivity index (χ3n) is 3.78. The third kappa shape index (κ3) is 2.32. The second-order valence-electron chi connectivity index (χ2n) is 4.81. The van der Waals surface area contributed by atoms with Crippen LogP contribution >= 0.6 is 0 Å². The molecule has 4 heteroatoms. The van der Waals surface area contributed by atoms with Gasteiger partial charge in [-0.2, -0.15) is 0 Å². The van der Waals surface area contributed by atoms with E-state index in [1.165, 1.54) is 0 Å². The van der Waals surface area contributed by atoms with Crippen LogP contribution in [0.2, 0.25) is 0 Å². The molecule has 1 heterocycles. The van der Waals surface area contributed by atoms with Crippen LogP contribution in [0.4, 0.5) is 5.69 Å². The lowest BCUT2D eigenvalue weighted by Gasteiger charge is -2.42. The molecule has 1 amide bonds.